The van der Waals surface area contributed by atoms with Gasteiger partial charge in [0.1, 0.15) is 11.3 Å². The molecule has 0 unspecified atom stereocenters. The number of carboxylic acids is 1. The fourth-order valence-electron chi connectivity index (χ4n) is 3.35. The number of nitrogens with zero attached hydrogens (tertiary/aromatic N) is 1. The van der Waals surface area contributed by atoms with E-state index < -0.39 is 5.97 Å². The third-order valence-electron chi connectivity index (χ3n) is 4.50. The minimum Gasteiger partial charge on any atom is -0.490 e. The summed E-state index contributed by atoms with van der Waals surface area (Å²) in [4.78, 5) is 15.9. The summed E-state index contributed by atoms with van der Waals surface area (Å²) in [5, 5.41) is 10.0. The van der Waals surface area contributed by atoms with Gasteiger partial charge < -0.3 is 15.6 Å². The highest BCUT2D eigenvalue weighted by molar-refractivity contribution is 6.06. The highest BCUT2D eigenvalue weighted by atomic mass is 16.5. The van der Waals surface area contributed by atoms with Crippen molar-refractivity contribution in [1.29, 1.82) is 0 Å². The number of anilines is 1. The minimum atomic E-state index is -1.06. The van der Waals surface area contributed by atoms with Crippen molar-refractivity contribution in [2.75, 3.05) is 5.73 Å². The predicted molar refractivity (Wildman–Crippen MR) is 90.0 cm³/mol. The van der Waals surface area contributed by atoms with Crippen molar-refractivity contribution in [3.8, 4) is 5.75 Å². The van der Waals surface area contributed by atoms with Crippen LogP contribution in [0.5, 0.6) is 5.75 Å². The smallest absolute Gasteiger partial charge is 0.339 e. The number of nitrogens with two attached hydrogens (primary N) is 1. The highest BCUT2D eigenvalue weighted by Crippen LogP contribution is 2.35. The van der Waals surface area contributed by atoms with Crippen LogP contribution in [-0.4, -0.2) is 22.2 Å². The van der Waals surface area contributed by atoms with Gasteiger partial charge in [0.2, 0.25) is 0 Å². The topological polar surface area (TPSA) is 85.4 Å². The Hall–Kier alpha value is -2.30. The Bertz CT molecular complexity index is 735. The molecule has 23 heavy (non-hydrogen) atoms. The predicted octanol–water partition coefficient (Wildman–Crippen LogP) is 3.93. The van der Waals surface area contributed by atoms with E-state index in [0.29, 0.717) is 22.3 Å². The van der Waals surface area contributed by atoms with E-state index >= 15 is 0 Å². The Labute approximate surface area is 135 Å². The average Bonchev–Trinajstić information content (AvgIpc) is 2.75. The zero-order valence-electron chi connectivity index (χ0n) is 13.3. The summed E-state index contributed by atoms with van der Waals surface area (Å²) in [6, 6.07) is 5.57. The molecule has 1 heterocycles. The van der Waals surface area contributed by atoms with Crippen LogP contribution in [0.4, 0.5) is 5.69 Å². The lowest BCUT2D eigenvalue weighted by atomic mass is 10.1. The van der Waals surface area contributed by atoms with Gasteiger partial charge in [0.05, 0.1) is 28.4 Å². The standard InChI is InChI=1S/C18H22N2O3/c1-11-15(18(21)22)17(19)16-13(20-11)9-6-10-14(16)23-12-7-4-2-3-5-8-12/h6,9-10,12H,2-5,7-8H2,1H3,(H2,19,20)(H,21,22). The van der Waals surface area contributed by atoms with Gasteiger partial charge in [-0.2, -0.15) is 0 Å². The van der Waals surface area contributed by atoms with Crippen LogP contribution in [0.15, 0.2) is 18.2 Å². The lowest BCUT2D eigenvalue weighted by Crippen LogP contribution is -2.16. The molecule has 1 aromatic carbocycles. The maximum Gasteiger partial charge on any atom is 0.339 e. The molecule has 1 aromatic heterocycles. The van der Waals surface area contributed by atoms with Gasteiger partial charge in [-0.1, -0.05) is 18.9 Å². The zero-order chi connectivity index (χ0) is 16.4. The second kappa shape index (κ2) is 6.44. The molecule has 5 heteroatoms. The molecule has 1 saturated carbocycles. The molecule has 0 bridgehead atoms. The summed E-state index contributed by atoms with van der Waals surface area (Å²) in [6.07, 6.45) is 7.06. The number of pyridine rings is 1. The third-order valence-corrected chi connectivity index (χ3v) is 4.50. The molecule has 1 aliphatic rings. The lowest BCUT2D eigenvalue weighted by Gasteiger charge is -2.19. The van der Waals surface area contributed by atoms with E-state index in [1.165, 1.54) is 25.7 Å². The maximum absolute atomic E-state index is 11.5. The fourth-order valence-corrected chi connectivity index (χ4v) is 3.35. The van der Waals surface area contributed by atoms with Crippen molar-refractivity contribution in [2.24, 2.45) is 0 Å². The summed E-state index contributed by atoms with van der Waals surface area (Å²) in [6.45, 7) is 1.66. The molecular formula is C18H22N2O3. The molecule has 0 radical (unpaired) electrons. The van der Waals surface area contributed by atoms with Crippen molar-refractivity contribution >= 4 is 22.6 Å². The highest BCUT2D eigenvalue weighted by Gasteiger charge is 2.21. The van der Waals surface area contributed by atoms with Crippen LogP contribution in [0.2, 0.25) is 0 Å². The number of hydrogen-bond acceptors (Lipinski definition) is 4. The van der Waals surface area contributed by atoms with Crippen LogP contribution in [0.3, 0.4) is 0 Å². The Kier molecular flexibility index (Phi) is 4.37. The molecule has 0 amide bonds. The van der Waals surface area contributed by atoms with Gasteiger partial charge in [0.15, 0.2) is 0 Å². The molecule has 1 aliphatic carbocycles. The third kappa shape index (κ3) is 3.09. The van der Waals surface area contributed by atoms with Gasteiger partial charge in [0.25, 0.3) is 0 Å². The van der Waals surface area contributed by atoms with E-state index in [9.17, 15) is 9.90 Å². The molecule has 0 aliphatic heterocycles. The van der Waals surface area contributed by atoms with Crippen LogP contribution in [-0.2, 0) is 0 Å². The molecule has 0 atom stereocenters. The van der Waals surface area contributed by atoms with Crippen LogP contribution < -0.4 is 10.5 Å². The Morgan fingerprint density at radius 2 is 1.96 bits per heavy atom. The van der Waals surface area contributed by atoms with E-state index in [1.54, 1.807) is 6.92 Å². The van der Waals surface area contributed by atoms with Crippen LogP contribution in [0.25, 0.3) is 10.9 Å². The van der Waals surface area contributed by atoms with E-state index in [4.69, 9.17) is 10.5 Å². The number of fused-ring (bicyclic) bond motifs is 1. The fraction of sp³-hybridized carbons (Fsp3) is 0.444. The van der Waals surface area contributed by atoms with Crippen LogP contribution in [0, 0.1) is 6.92 Å². The van der Waals surface area contributed by atoms with Gasteiger partial charge in [-0.3, -0.25) is 4.98 Å². The first-order valence-corrected chi connectivity index (χ1v) is 8.16. The summed E-state index contributed by atoms with van der Waals surface area (Å²) >= 11 is 0. The Morgan fingerprint density at radius 1 is 1.26 bits per heavy atom. The number of aromatic carboxylic acids is 1. The molecule has 5 nitrogen and oxygen atoms in total. The van der Waals surface area contributed by atoms with Crippen LogP contribution in [0.1, 0.15) is 54.6 Å². The van der Waals surface area contributed by atoms with Crippen molar-refractivity contribution < 1.29 is 14.6 Å². The molecule has 0 spiro atoms. The zero-order valence-corrected chi connectivity index (χ0v) is 13.3. The SMILES string of the molecule is Cc1nc2cccc(OC3CCCCCC3)c2c(N)c1C(=O)O. The average molecular weight is 314 g/mol. The normalized spacial score (nSPS) is 16.2. The molecular weight excluding hydrogens is 292 g/mol. The summed E-state index contributed by atoms with van der Waals surface area (Å²) < 4.78 is 6.19. The quantitative estimate of drug-likeness (QED) is 0.838. The van der Waals surface area contributed by atoms with Crippen molar-refractivity contribution in [3.63, 3.8) is 0 Å². The molecule has 3 rings (SSSR count). The van der Waals surface area contributed by atoms with E-state index in [1.807, 2.05) is 18.2 Å². The number of aryl methyl sites for hydroxylation is 1. The molecule has 1 fully saturated rings. The van der Waals surface area contributed by atoms with Gasteiger partial charge in [-0.05, 0) is 44.7 Å². The Balaban J connectivity index is 2.06. The lowest BCUT2D eigenvalue weighted by molar-refractivity contribution is 0.0697. The van der Waals surface area contributed by atoms with Crippen LogP contribution >= 0.6 is 0 Å². The summed E-state index contributed by atoms with van der Waals surface area (Å²) in [7, 11) is 0. The van der Waals surface area contributed by atoms with E-state index in [0.717, 1.165) is 12.8 Å². The van der Waals surface area contributed by atoms with Gasteiger partial charge in [-0.25, -0.2) is 4.79 Å². The molecule has 3 N–H and O–H groups in total. The first-order chi connectivity index (χ1) is 11.1. The van der Waals surface area contributed by atoms with Crippen molar-refractivity contribution in [1.82, 2.24) is 4.98 Å². The Morgan fingerprint density at radius 3 is 2.61 bits per heavy atom. The second-order valence-electron chi connectivity index (χ2n) is 6.17. The van der Waals surface area contributed by atoms with Gasteiger partial charge >= 0.3 is 5.97 Å². The number of carbonyl (C=O) groups is 1. The number of ether oxygens (including phenoxy) is 1. The minimum absolute atomic E-state index is 0.0643. The van der Waals surface area contributed by atoms with Gasteiger partial charge in [-0.15, -0.1) is 0 Å². The maximum atomic E-state index is 11.5. The molecule has 0 saturated heterocycles. The first kappa shape index (κ1) is 15.6. The monoisotopic (exact) mass is 314 g/mol. The van der Waals surface area contributed by atoms with Crippen molar-refractivity contribution in [2.45, 2.75) is 51.6 Å². The number of aromatic nitrogens is 1. The molecule has 2 aromatic rings. The first-order valence-electron chi connectivity index (χ1n) is 8.16. The molecule has 122 valence electrons. The summed E-state index contributed by atoms with van der Waals surface area (Å²) in [5.41, 5.74) is 7.56. The largest absolute Gasteiger partial charge is 0.490 e. The number of hydrogen-bond donors (Lipinski definition) is 2. The van der Waals surface area contributed by atoms with Crippen molar-refractivity contribution in [3.05, 3.63) is 29.5 Å². The number of rotatable bonds is 3. The summed E-state index contributed by atoms with van der Waals surface area (Å²) in [5.74, 6) is -0.416. The van der Waals surface area contributed by atoms with Gasteiger partial charge in [0, 0.05) is 0 Å². The second-order valence-corrected chi connectivity index (χ2v) is 6.17. The van der Waals surface area contributed by atoms with E-state index in [2.05, 4.69) is 4.98 Å². The number of nitrogen functional groups attached to an aromatic ring is 1. The van der Waals surface area contributed by atoms with E-state index in [-0.39, 0.29) is 17.4 Å². The number of carboxylic acid groups (broad SMARTS) is 1. The number of benzene rings is 1.